The fourth-order valence-electron chi connectivity index (χ4n) is 1.36. The summed E-state index contributed by atoms with van der Waals surface area (Å²) < 4.78 is 0. The number of aryl methyl sites for hydroxylation is 1. The SMILES string of the molecule is CC(=O)c1c(Cl)cc(C)c(O)c1C. The summed E-state index contributed by atoms with van der Waals surface area (Å²) in [5.74, 6) is 0.0207. The zero-order valence-corrected chi connectivity index (χ0v) is 8.57. The van der Waals surface area contributed by atoms with E-state index >= 15 is 0 Å². The highest BCUT2D eigenvalue weighted by atomic mass is 35.5. The minimum atomic E-state index is -0.127. The van der Waals surface area contributed by atoms with Crippen LogP contribution in [0.25, 0.3) is 0 Å². The molecule has 0 fully saturated rings. The summed E-state index contributed by atoms with van der Waals surface area (Å²) in [4.78, 5) is 11.2. The zero-order valence-electron chi connectivity index (χ0n) is 7.81. The minimum Gasteiger partial charge on any atom is -0.507 e. The van der Waals surface area contributed by atoms with Crippen LogP contribution in [0.4, 0.5) is 0 Å². The molecule has 0 aliphatic heterocycles. The quantitative estimate of drug-likeness (QED) is 0.705. The second-order valence-corrected chi connectivity index (χ2v) is 3.49. The second-order valence-electron chi connectivity index (χ2n) is 3.08. The van der Waals surface area contributed by atoms with E-state index in [4.69, 9.17) is 11.6 Å². The Labute approximate surface area is 82.2 Å². The molecule has 0 unspecified atom stereocenters. The summed E-state index contributed by atoms with van der Waals surface area (Å²) in [5.41, 5.74) is 1.65. The number of phenols is 1. The molecule has 0 saturated heterocycles. The Morgan fingerprint density at radius 2 is 2.00 bits per heavy atom. The first-order valence-electron chi connectivity index (χ1n) is 3.94. The lowest BCUT2D eigenvalue weighted by Gasteiger charge is -2.09. The molecule has 1 rings (SSSR count). The first-order valence-corrected chi connectivity index (χ1v) is 4.32. The highest BCUT2D eigenvalue weighted by Gasteiger charge is 2.14. The van der Waals surface area contributed by atoms with Crippen LogP contribution in [0.2, 0.25) is 5.02 Å². The van der Waals surface area contributed by atoms with Gasteiger partial charge in [-0.3, -0.25) is 4.79 Å². The van der Waals surface area contributed by atoms with Crippen molar-refractivity contribution in [2.75, 3.05) is 0 Å². The van der Waals surface area contributed by atoms with Gasteiger partial charge in [0, 0.05) is 11.1 Å². The Hall–Kier alpha value is -1.02. The van der Waals surface area contributed by atoms with Crippen molar-refractivity contribution in [3.05, 3.63) is 27.8 Å². The minimum absolute atomic E-state index is 0.127. The van der Waals surface area contributed by atoms with Gasteiger partial charge in [-0.1, -0.05) is 11.6 Å². The fraction of sp³-hybridized carbons (Fsp3) is 0.300. The first kappa shape index (κ1) is 10.1. The van der Waals surface area contributed by atoms with Crippen LogP contribution in [0.15, 0.2) is 6.07 Å². The third kappa shape index (κ3) is 1.68. The van der Waals surface area contributed by atoms with Crippen LogP contribution >= 0.6 is 11.6 Å². The van der Waals surface area contributed by atoms with E-state index in [0.717, 1.165) is 0 Å². The zero-order chi connectivity index (χ0) is 10.2. The summed E-state index contributed by atoms with van der Waals surface area (Å²) in [6.45, 7) is 4.87. The number of hydrogen-bond donors (Lipinski definition) is 1. The van der Waals surface area contributed by atoms with Crippen LogP contribution in [-0.4, -0.2) is 10.9 Å². The number of phenolic OH excluding ortho intramolecular Hbond substituents is 1. The fourth-order valence-corrected chi connectivity index (χ4v) is 1.79. The maximum atomic E-state index is 11.2. The van der Waals surface area contributed by atoms with Crippen molar-refractivity contribution in [1.29, 1.82) is 0 Å². The van der Waals surface area contributed by atoms with Gasteiger partial charge in [0.1, 0.15) is 5.75 Å². The Balaban J connectivity index is 3.53. The molecule has 0 amide bonds. The van der Waals surface area contributed by atoms with Gasteiger partial charge in [-0.15, -0.1) is 0 Å². The maximum Gasteiger partial charge on any atom is 0.161 e. The number of ketones is 1. The van der Waals surface area contributed by atoms with Crippen molar-refractivity contribution in [1.82, 2.24) is 0 Å². The van der Waals surface area contributed by atoms with Gasteiger partial charge in [-0.05, 0) is 32.4 Å². The number of halogens is 1. The number of benzene rings is 1. The Morgan fingerprint density at radius 3 is 2.46 bits per heavy atom. The van der Waals surface area contributed by atoms with Crippen LogP contribution < -0.4 is 0 Å². The first-order chi connectivity index (χ1) is 5.95. The summed E-state index contributed by atoms with van der Waals surface area (Å²) in [7, 11) is 0. The largest absolute Gasteiger partial charge is 0.507 e. The van der Waals surface area contributed by atoms with E-state index in [1.54, 1.807) is 19.9 Å². The monoisotopic (exact) mass is 198 g/mol. The van der Waals surface area contributed by atoms with Crippen LogP contribution in [0.5, 0.6) is 5.75 Å². The smallest absolute Gasteiger partial charge is 0.161 e. The number of rotatable bonds is 1. The molecule has 0 aromatic heterocycles. The molecule has 13 heavy (non-hydrogen) atoms. The van der Waals surface area contributed by atoms with Gasteiger partial charge in [-0.25, -0.2) is 0 Å². The molecule has 1 aromatic carbocycles. The van der Waals surface area contributed by atoms with Gasteiger partial charge in [0.25, 0.3) is 0 Å². The molecule has 2 nitrogen and oxygen atoms in total. The highest BCUT2D eigenvalue weighted by molar-refractivity contribution is 6.34. The van der Waals surface area contributed by atoms with E-state index in [9.17, 15) is 9.90 Å². The lowest BCUT2D eigenvalue weighted by atomic mass is 10.0. The number of carbonyl (C=O) groups excluding carboxylic acids is 1. The van der Waals surface area contributed by atoms with Gasteiger partial charge < -0.3 is 5.11 Å². The van der Waals surface area contributed by atoms with Crippen molar-refractivity contribution >= 4 is 17.4 Å². The van der Waals surface area contributed by atoms with Gasteiger partial charge >= 0.3 is 0 Å². The molecule has 1 aromatic rings. The second kappa shape index (κ2) is 3.38. The summed E-state index contributed by atoms with van der Waals surface area (Å²) in [5, 5.41) is 9.95. The van der Waals surface area contributed by atoms with Crippen molar-refractivity contribution in [3.63, 3.8) is 0 Å². The molecule has 0 saturated carbocycles. The molecular weight excluding hydrogens is 188 g/mol. The van der Waals surface area contributed by atoms with Crippen molar-refractivity contribution in [3.8, 4) is 5.75 Å². The van der Waals surface area contributed by atoms with E-state index in [1.165, 1.54) is 6.92 Å². The van der Waals surface area contributed by atoms with Gasteiger partial charge in [0.2, 0.25) is 0 Å². The number of carbonyl (C=O) groups is 1. The lowest BCUT2D eigenvalue weighted by Crippen LogP contribution is -1.98. The van der Waals surface area contributed by atoms with E-state index in [2.05, 4.69) is 0 Å². The van der Waals surface area contributed by atoms with Crippen LogP contribution in [0, 0.1) is 13.8 Å². The van der Waals surface area contributed by atoms with Crippen LogP contribution in [0.3, 0.4) is 0 Å². The molecule has 0 spiro atoms. The maximum absolute atomic E-state index is 11.2. The van der Waals surface area contributed by atoms with Crippen LogP contribution in [-0.2, 0) is 0 Å². The summed E-state index contributed by atoms with van der Waals surface area (Å²) >= 11 is 5.87. The average Bonchev–Trinajstić information content (AvgIpc) is 1.99. The summed E-state index contributed by atoms with van der Waals surface area (Å²) in [6, 6.07) is 1.60. The molecule has 0 aliphatic rings. The van der Waals surface area contributed by atoms with E-state index in [0.29, 0.717) is 21.7 Å². The van der Waals surface area contributed by atoms with E-state index < -0.39 is 0 Å². The van der Waals surface area contributed by atoms with Gasteiger partial charge in [-0.2, -0.15) is 0 Å². The Morgan fingerprint density at radius 1 is 1.46 bits per heavy atom. The molecule has 70 valence electrons. The molecule has 3 heteroatoms. The van der Waals surface area contributed by atoms with Gasteiger partial charge in [0.15, 0.2) is 5.78 Å². The standard InChI is InChI=1S/C10H11ClO2/c1-5-4-8(11)9(7(3)12)6(2)10(5)13/h4,13H,1-3H3. The molecule has 0 heterocycles. The third-order valence-electron chi connectivity index (χ3n) is 2.04. The highest BCUT2D eigenvalue weighted by Crippen LogP contribution is 2.30. The molecule has 0 atom stereocenters. The van der Waals surface area contributed by atoms with E-state index in [-0.39, 0.29) is 11.5 Å². The van der Waals surface area contributed by atoms with Crippen molar-refractivity contribution in [2.45, 2.75) is 20.8 Å². The Bertz CT molecular complexity index is 370. The number of hydrogen-bond acceptors (Lipinski definition) is 2. The predicted molar refractivity (Wildman–Crippen MR) is 52.6 cm³/mol. The summed E-state index contributed by atoms with van der Waals surface area (Å²) in [6.07, 6.45) is 0. The average molecular weight is 199 g/mol. The molecule has 0 bridgehead atoms. The molecule has 0 radical (unpaired) electrons. The van der Waals surface area contributed by atoms with Gasteiger partial charge in [0.05, 0.1) is 5.02 Å². The normalized spacial score (nSPS) is 10.2. The topological polar surface area (TPSA) is 37.3 Å². The van der Waals surface area contributed by atoms with Crippen molar-refractivity contribution < 1.29 is 9.90 Å². The van der Waals surface area contributed by atoms with Crippen molar-refractivity contribution in [2.24, 2.45) is 0 Å². The molecule has 1 N–H and O–H groups in total. The third-order valence-corrected chi connectivity index (χ3v) is 2.34. The Kier molecular flexibility index (Phi) is 2.62. The molecule has 0 aliphatic carbocycles. The number of aromatic hydroxyl groups is 1. The van der Waals surface area contributed by atoms with Crippen LogP contribution in [0.1, 0.15) is 28.4 Å². The number of Topliss-reactive ketones (excluding diaryl/α,β-unsaturated/α-hetero) is 1. The predicted octanol–water partition coefficient (Wildman–Crippen LogP) is 2.87. The molecular formula is C10H11ClO2. The lowest BCUT2D eigenvalue weighted by molar-refractivity contribution is 0.101. The van der Waals surface area contributed by atoms with E-state index in [1.807, 2.05) is 0 Å².